The highest BCUT2D eigenvalue weighted by Crippen LogP contribution is 2.65. The number of ketones is 1. The summed E-state index contributed by atoms with van der Waals surface area (Å²) >= 11 is 0. The predicted octanol–water partition coefficient (Wildman–Crippen LogP) is 5.75. The molecule has 0 spiro atoms. The third-order valence-corrected chi connectivity index (χ3v) is 10.4. The van der Waals surface area contributed by atoms with Crippen LogP contribution in [0, 0.1) is 40.9 Å². The average Bonchev–Trinajstić information content (AvgIpc) is 3.13. The molecule has 1 N–H and O–H groups in total. The quantitative estimate of drug-likeness (QED) is 0.550. The van der Waals surface area contributed by atoms with Gasteiger partial charge in [0.05, 0.1) is 0 Å². The molecule has 0 bridgehead atoms. The van der Waals surface area contributed by atoms with E-state index in [0.717, 1.165) is 38.5 Å². The summed E-state index contributed by atoms with van der Waals surface area (Å²) in [6.07, 6.45) is 8.59. The highest BCUT2D eigenvalue weighted by molar-refractivity contribution is 5.92. The summed E-state index contributed by atoms with van der Waals surface area (Å²) in [6, 6.07) is 8.86. The number of methoxy groups -OCH3 is 1. The third-order valence-electron chi connectivity index (χ3n) is 10.4. The topological polar surface area (TPSA) is 49.8 Å². The molecule has 4 aliphatic rings. The predicted molar refractivity (Wildman–Crippen MR) is 145 cm³/mol. The number of hydrogen-bond acceptors (Lipinski definition) is 4. The molecule has 3 fully saturated rings. The Bertz CT molecular complexity index is 1110. The van der Waals surface area contributed by atoms with Gasteiger partial charge in [-0.25, -0.2) is 0 Å². The maximum atomic E-state index is 12.8. The van der Waals surface area contributed by atoms with Crippen molar-refractivity contribution in [3.63, 3.8) is 0 Å². The Balaban J connectivity index is 1.45. The Morgan fingerprint density at radius 3 is 2.47 bits per heavy atom. The Morgan fingerprint density at radius 2 is 1.81 bits per heavy atom. The second kappa shape index (κ2) is 9.03. The fraction of sp³-hybridized carbons (Fsp3) is 0.656. The maximum absolute atomic E-state index is 12.8. The van der Waals surface area contributed by atoms with Crippen molar-refractivity contribution in [1.82, 2.24) is 0 Å². The molecule has 4 heteroatoms. The van der Waals surface area contributed by atoms with Gasteiger partial charge in [0.1, 0.15) is 11.2 Å². The lowest BCUT2D eigenvalue weighted by Gasteiger charge is -2.56. The van der Waals surface area contributed by atoms with E-state index in [1.165, 1.54) is 16.8 Å². The van der Waals surface area contributed by atoms with Crippen LogP contribution in [0.3, 0.4) is 0 Å². The van der Waals surface area contributed by atoms with E-state index in [2.05, 4.69) is 62.0 Å². The van der Waals surface area contributed by atoms with E-state index in [1.807, 2.05) is 19.9 Å². The molecule has 3 saturated carbocycles. The number of carbonyl (C=O) groups is 1. The molecule has 0 aliphatic heterocycles. The van der Waals surface area contributed by atoms with Crippen molar-refractivity contribution in [3.8, 4) is 11.8 Å². The molecule has 0 aromatic heterocycles. The SMILES string of the molecule is COC(C)(C)C#CC1(O)CCC2C3CCC4=CC(=O)CC(c5ccc(N(C)C)cc5)C4C3CCC21C. The fourth-order valence-corrected chi connectivity index (χ4v) is 8.16. The number of anilines is 1. The molecule has 0 radical (unpaired) electrons. The van der Waals surface area contributed by atoms with Gasteiger partial charge in [-0.3, -0.25) is 4.79 Å². The summed E-state index contributed by atoms with van der Waals surface area (Å²) in [5, 5.41) is 11.9. The first-order chi connectivity index (χ1) is 17.0. The number of rotatable bonds is 3. The molecule has 36 heavy (non-hydrogen) atoms. The van der Waals surface area contributed by atoms with Crippen LogP contribution in [-0.2, 0) is 9.53 Å². The molecule has 1 aromatic carbocycles. The number of ether oxygens (including phenoxy) is 1. The Morgan fingerprint density at radius 1 is 1.08 bits per heavy atom. The smallest absolute Gasteiger partial charge is 0.156 e. The summed E-state index contributed by atoms with van der Waals surface area (Å²) in [5.74, 6) is 9.15. The van der Waals surface area contributed by atoms with E-state index in [4.69, 9.17) is 4.74 Å². The molecule has 1 aromatic rings. The molecule has 4 aliphatic carbocycles. The van der Waals surface area contributed by atoms with Gasteiger partial charge < -0.3 is 14.7 Å². The summed E-state index contributed by atoms with van der Waals surface area (Å²) in [5.41, 5.74) is 2.16. The molecule has 0 amide bonds. The van der Waals surface area contributed by atoms with Crippen LogP contribution in [0.25, 0.3) is 0 Å². The van der Waals surface area contributed by atoms with Gasteiger partial charge in [-0.1, -0.05) is 36.5 Å². The van der Waals surface area contributed by atoms with E-state index < -0.39 is 11.2 Å². The number of allylic oxidation sites excluding steroid dienone is 1. The summed E-state index contributed by atoms with van der Waals surface area (Å²) < 4.78 is 5.52. The molecule has 194 valence electrons. The van der Waals surface area contributed by atoms with E-state index in [9.17, 15) is 9.90 Å². The van der Waals surface area contributed by atoms with Crippen LogP contribution in [0.2, 0.25) is 0 Å². The van der Waals surface area contributed by atoms with E-state index in [-0.39, 0.29) is 17.1 Å². The number of nitrogens with zero attached hydrogens (tertiary/aromatic N) is 1. The van der Waals surface area contributed by atoms with Crippen LogP contribution in [-0.4, -0.2) is 43.3 Å². The largest absolute Gasteiger partial charge is 0.378 e. The van der Waals surface area contributed by atoms with Gasteiger partial charge in [0.2, 0.25) is 0 Å². The minimum absolute atomic E-state index is 0.195. The molecule has 7 atom stereocenters. The zero-order chi connectivity index (χ0) is 25.9. The van der Waals surface area contributed by atoms with Crippen LogP contribution in [0.15, 0.2) is 35.9 Å². The molecule has 0 saturated heterocycles. The van der Waals surface area contributed by atoms with E-state index in [1.54, 1.807) is 7.11 Å². The zero-order valence-electron chi connectivity index (χ0n) is 22.9. The van der Waals surface area contributed by atoms with Crippen LogP contribution < -0.4 is 4.90 Å². The fourth-order valence-electron chi connectivity index (χ4n) is 8.16. The van der Waals surface area contributed by atoms with Crippen LogP contribution >= 0.6 is 0 Å². The van der Waals surface area contributed by atoms with Crippen molar-refractivity contribution in [3.05, 3.63) is 41.5 Å². The highest BCUT2D eigenvalue weighted by Gasteiger charge is 2.62. The molecule has 5 rings (SSSR count). The van der Waals surface area contributed by atoms with Gasteiger partial charge in [0, 0.05) is 38.7 Å². The van der Waals surface area contributed by atoms with E-state index >= 15 is 0 Å². The van der Waals surface area contributed by atoms with Gasteiger partial charge in [0.25, 0.3) is 0 Å². The minimum Gasteiger partial charge on any atom is -0.378 e. The normalized spacial score (nSPS) is 37.7. The lowest BCUT2D eigenvalue weighted by Crippen LogP contribution is -2.53. The monoisotopic (exact) mass is 489 g/mol. The van der Waals surface area contributed by atoms with Crippen molar-refractivity contribution in [2.24, 2.45) is 29.1 Å². The van der Waals surface area contributed by atoms with Crippen LogP contribution in [0.1, 0.15) is 77.2 Å². The van der Waals surface area contributed by atoms with Gasteiger partial charge in [-0.2, -0.15) is 0 Å². The van der Waals surface area contributed by atoms with Crippen LogP contribution in [0.5, 0.6) is 0 Å². The number of fused-ring (bicyclic) bond motifs is 5. The first-order valence-corrected chi connectivity index (χ1v) is 13.8. The molecule has 7 unspecified atom stereocenters. The molecular weight excluding hydrogens is 446 g/mol. The van der Waals surface area contributed by atoms with Gasteiger partial charge >= 0.3 is 0 Å². The summed E-state index contributed by atoms with van der Waals surface area (Å²) in [7, 11) is 5.80. The number of aliphatic hydroxyl groups is 1. The second-order valence-corrected chi connectivity index (χ2v) is 12.8. The van der Waals surface area contributed by atoms with Crippen molar-refractivity contribution >= 4 is 11.5 Å². The van der Waals surface area contributed by atoms with Crippen molar-refractivity contribution in [1.29, 1.82) is 0 Å². The van der Waals surface area contributed by atoms with Crippen LogP contribution in [0.4, 0.5) is 5.69 Å². The maximum Gasteiger partial charge on any atom is 0.156 e. The highest BCUT2D eigenvalue weighted by atomic mass is 16.5. The Kier molecular flexibility index (Phi) is 6.41. The first kappa shape index (κ1) is 25.6. The standard InChI is InChI=1S/C32H43NO3/c1-30(2,36-6)17-18-32(35)16-14-28-25-12-9-22-19-24(34)20-27(21-7-10-23(11-8-21)33(4)5)29(22)26(25)13-15-31(28,32)3/h7-8,10-11,19,25-29,35H,9,12-16,20H2,1-6H3. The van der Waals surface area contributed by atoms with Crippen molar-refractivity contribution in [2.75, 3.05) is 26.1 Å². The molecule has 0 heterocycles. The number of benzene rings is 1. The lowest BCUT2D eigenvalue weighted by molar-refractivity contribution is -0.117. The lowest BCUT2D eigenvalue weighted by atomic mass is 9.49. The average molecular weight is 490 g/mol. The number of carbonyl (C=O) groups excluding carboxylic acids is 1. The van der Waals surface area contributed by atoms with Crippen molar-refractivity contribution in [2.45, 2.75) is 82.8 Å². The third kappa shape index (κ3) is 4.13. The zero-order valence-corrected chi connectivity index (χ0v) is 22.9. The summed E-state index contributed by atoms with van der Waals surface area (Å²) in [6.45, 7) is 6.21. The van der Waals surface area contributed by atoms with E-state index in [0.29, 0.717) is 30.1 Å². The number of hydrogen-bond donors (Lipinski definition) is 1. The van der Waals surface area contributed by atoms with Crippen molar-refractivity contribution < 1.29 is 14.6 Å². The molecule has 4 nitrogen and oxygen atoms in total. The van der Waals surface area contributed by atoms with Gasteiger partial charge in [0.15, 0.2) is 5.78 Å². The first-order valence-electron chi connectivity index (χ1n) is 13.8. The Hall–Kier alpha value is -2.09. The van der Waals surface area contributed by atoms with Gasteiger partial charge in [-0.05, 0) is 106 Å². The summed E-state index contributed by atoms with van der Waals surface area (Å²) in [4.78, 5) is 14.9. The molecular formula is C32H43NO3. The minimum atomic E-state index is -0.960. The second-order valence-electron chi connectivity index (χ2n) is 12.8. The Labute approximate surface area is 217 Å². The van der Waals surface area contributed by atoms with Gasteiger partial charge in [-0.15, -0.1) is 0 Å².